The topological polar surface area (TPSA) is 56.8 Å². The summed E-state index contributed by atoms with van der Waals surface area (Å²) in [4.78, 5) is 12.1. The summed E-state index contributed by atoms with van der Waals surface area (Å²) < 4.78 is 15.3. The quantitative estimate of drug-likeness (QED) is 0.589. The van der Waals surface area contributed by atoms with E-state index in [2.05, 4.69) is 5.32 Å². The fourth-order valence-corrected chi connectivity index (χ4v) is 2.08. The SMILES string of the molecule is CCOC(=O)C(NCCOC)c1c(Cl)cccc1OC. The number of esters is 1. The van der Waals surface area contributed by atoms with Crippen molar-refractivity contribution in [1.82, 2.24) is 5.32 Å². The van der Waals surface area contributed by atoms with Crippen molar-refractivity contribution in [1.29, 1.82) is 0 Å². The molecule has 1 unspecified atom stereocenters. The second-order valence-corrected chi connectivity index (χ2v) is 4.39. The highest BCUT2D eigenvalue weighted by Gasteiger charge is 2.27. The molecule has 0 amide bonds. The van der Waals surface area contributed by atoms with E-state index in [1.54, 1.807) is 32.2 Å². The van der Waals surface area contributed by atoms with E-state index in [0.29, 0.717) is 36.1 Å². The third kappa shape index (κ3) is 4.37. The molecule has 1 aromatic carbocycles. The average Bonchev–Trinajstić information content (AvgIpc) is 2.44. The first kappa shape index (κ1) is 16.8. The molecule has 20 heavy (non-hydrogen) atoms. The van der Waals surface area contributed by atoms with Crippen LogP contribution in [0.2, 0.25) is 5.02 Å². The van der Waals surface area contributed by atoms with Crippen LogP contribution in [0.4, 0.5) is 0 Å². The molecule has 0 heterocycles. The molecule has 0 bridgehead atoms. The molecule has 112 valence electrons. The lowest BCUT2D eigenvalue weighted by Crippen LogP contribution is -2.33. The lowest BCUT2D eigenvalue weighted by atomic mass is 10.1. The first-order chi connectivity index (χ1) is 9.65. The van der Waals surface area contributed by atoms with Crippen molar-refractivity contribution >= 4 is 17.6 Å². The Morgan fingerprint density at radius 1 is 1.40 bits per heavy atom. The fourth-order valence-electron chi connectivity index (χ4n) is 1.81. The van der Waals surface area contributed by atoms with Gasteiger partial charge >= 0.3 is 5.97 Å². The van der Waals surface area contributed by atoms with Gasteiger partial charge < -0.3 is 14.2 Å². The molecule has 0 spiro atoms. The van der Waals surface area contributed by atoms with Gasteiger partial charge in [0.05, 0.1) is 20.3 Å². The van der Waals surface area contributed by atoms with E-state index in [1.165, 1.54) is 7.11 Å². The van der Waals surface area contributed by atoms with E-state index in [9.17, 15) is 4.79 Å². The first-order valence-corrected chi connectivity index (χ1v) is 6.74. The van der Waals surface area contributed by atoms with Crippen LogP contribution in [-0.2, 0) is 14.3 Å². The normalized spacial score (nSPS) is 12.0. The van der Waals surface area contributed by atoms with Crippen LogP contribution in [0, 0.1) is 0 Å². The number of carbonyl (C=O) groups excluding carboxylic acids is 1. The summed E-state index contributed by atoms with van der Waals surface area (Å²) in [5.74, 6) is 0.149. The Hall–Kier alpha value is -1.30. The molecule has 0 fully saturated rings. The summed E-state index contributed by atoms with van der Waals surface area (Å²) in [6.07, 6.45) is 0. The fraction of sp³-hybridized carbons (Fsp3) is 0.500. The third-order valence-electron chi connectivity index (χ3n) is 2.70. The number of hydrogen-bond acceptors (Lipinski definition) is 5. The molecule has 0 aromatic heterocycles. The van der Waals surface area contributed by atoms with Crippen LogP contribution in [0.25, 0.3) is 0 Å². The zero-order chi connectivity index (χ0) is 15.0. The molecule has 1 N–H and O–H groups in total. The summed E-state index contributed by atoms with van der Waals surface area (Å²) in [7, 11) is 3.13. The zero-order valence-electron chi connectivity index (χ0n) is 11.9. The van der Waals surface area contributed by atoms with Gasteiger partial charge in [-0.2, -0.15) is 0 Å². The Balaban J connectivity index is 3.05. The van der Waals surface area contributed by atoms with Crippen LogP contribution in [0.3, 0.4) is 0 Å². The van der Waals surface area contributed by atoms with Crippen LogP contribution in [-0.4, -0.2) is 39.9 Å². The molecule has 0 radical (unpaired) electrons. The maximum Gasteiger partial charge on any atom is 0.327 e. The Morgan fingerprint density at radius 3 is 2.75 bits per heavy atom. The summed E-state index contributed by atoms with van der Waals surface area (Å²) in [6, 6.07) is 4.55. The minimum absolute atomic E-state index is 0.300. The second kappa shape index (κ2) is 8.79. The van der Waals surface area contributed by atoms with Crippen molar-refractivity contribution in [2.75, 3.05) is 34.0 Å². The smallest absolute Gasteiger partial charge is 0.327 e. The third-order valence-corrected chi connectivity index (χ3v) is 3.03. The summed E-state index contributed by atoms with van der Waals surface area (Å²) in [5, 5.41) is 3.52. The monoisotopic (exact) mass is 301 g/mol. The molecule has 0 aliphatic rings. The average molecular weight is 302 g/mol. The lowest BCUT2D eigenvalue weighted by Gasteiger charge is -2.20. The van der Waals surface area contributed by atoms with E-state index in [1.807, 2.05) is 0 Å². The van der Waals surface area contributed by atoms with E-state index >= 15 is 0 Å². The van der Waals surface area contributed by atoms with Gasteiger partial charge in [0.15, 0.2) is 0 Å². The van der Waals surface area contributed by atoms with Crippen molar-refractivity contribution in [3.05, 3.63) is 28.8 Å². The predicted octanol–water partition coefficient (Wildman–Crippen LogP) is 2.19. The number of methoxy groups -OCH3 is 2. The molecule has 0 saturated heterocycles. The van der Waals surface area contributed by atoms with Gasteiger partial charge in [0.1, 0.15) is 11.8 Å². The Bertz CT molecular complexity index is 439. The Morgan fingerprint density at radius 2 is 2.15 bits per heavy atom. The number of halogens is 1. The number of benzene rings is 1. The van der Waals surface area contributed by atoms with Gasteiger partial charge in [-0.15, -0.1) is 0 Å². The maximum atomic E-state index is 12.1. The van der Waals surface area contributed by atoms with Gasteiger partial charge in [-0.1, -0.05) is 17.7 Å². The van der Waals surface area contributed by atoms with E-state index in [-0.39, 0.29) is 0 Å². The summed E-state index contributed by atoms with van der Waals surface area (Å²) >= 11 is 6.20. The van der Waals surface area contributed by atoms with Crippen molar-refractivity contribution in [3.63, 3.8) is 0 Å². The second-order valence-electron chi connectivity index (χ2n) is 3.99. The van der Waals surface area contributed by atoms with Gasteiger partial charge in [0.25, 0.3) is 0 Å². The predicted molar refractivity (Wildman–Crippen MR) is 77.3 cm³/mol. The number of nitrogens with one attached hydrogen (secondary N) is 1. The molecule has 0 saturated carbocycles. The zero-order valence-corrected chi connectivity index (χ0v) is 12.7. The van der Waals surface area contributed by atoms with Crippen molar-refractivity contribution < 1.29 is 19.0 Å². The van der Waals surface area contributed by atoms with Crippen LogP contribution in [0.5, 0.6) is 5.75 Å². The van der Waals surface area contributed by atoms with Crippen molar-refractivity contribution in [2.45, 2.75) is 13.0 Å². The number of ether oxygens (including phenoxy) is 3. The van der Waals surface area contributed by atoms with Gasteiger partial charge in [0.2, 0.25) is 0 Å². The van der Waals surface area contributed by atoms with Crippen LogP contribution < -0.4 is 10.1 Å². The molecular formula is C14H20ClNO4. The molecular weight excluding hydrogens is 282 g/mol. The standard InChI is InChI=1S/C14H20ClNO4/c1-4-20-14(17)13(16-8-9-18-2)12-10(15)6-5-7-11(12)19-3/h5-7,13,16H,4,8-9H2,1-3H3. The maximum absolute atomic E-state index is 12.1. The Labute approximate surface area is 124 Å². The van der Waals surface area contributed by atoms with E-state index in [0.717, 1.165) is 0 Å². The molecule has 1 rings (SSSR count). The van der Waals surface area contributed by atoms with E-state index in [4.69, 9.17) is 25.8 Å². The molecule has 5 nitrogen and oxygen atoms in total. The van der Waals surface area contributed by atoms with Crippen molar-refractivity contribution in [2.24, 2.45) is 0 Å². The minimum Gasteiger partial charge on any atom is -0.496 e. The molecule has 1 atom stereocenters. The summed E-state index contributed by atoms with van der Waals surface area (Å²) in [5.41, 5.74) is 0.575. The number of hydrogen-bond donors (Lipinski definition) is 1. The van der Waals surface area contributed by atoms with Gasteiger partial charge in [0, 0.05) is 24.2 Å². The van der Waals surface area contributed by atoms with Gasteiger partial charge in [-0.25, -0.2) is 4.79 Å². The highest BCUT2D eigenvalue weighted by atomic mass is 35.5. The van der Waals surface area contributed by atoms with Gasteiger partial charge in [-0.3, -0.25) is 5.32 Å². The van der Waals surface area contributed by atoms with Crippen molar-refractivity contribution in [3.8, 4) is 5.75 Å². The first-order valence-electron chi connectivity index (χ1n) is 6.37. The number of carbonyl (C=O) groups is 1. The highest BCUT2D eigenvalue weighted by molar-refractivity contribution is 6.31. The van der Waals surface area contributed by atoms with Crippen LogP contribution >= 0.6 is 11.6 Å². The van der Waals surface area contributed by atoms with Crippen LogP contribution in [0.1, 0.15) is 18.5 Å². The molecule has 0 aliphatic heterocycles. The van der Waals surface area contributed by atoms with Gasteiger partial charge in [-0.05, 0) is 19.1 Å². The molecule has 6 heteroatoms. The Kier molecular flexibility index (Phi) is 7.36. The summed E-state index contributed by atoms with van der Waals surface area (Å²) in [6.45, 7) is 3.03. The number of rotatable bonds is 8. The molecule has 1 aromatic rings. The van der Waals surface area contributed by atoms with E-state index < -0.39 is 12.0 Å². The lowest BCUT2D eigenvalue weighted by molar-refractivity contribution is -0.146. The largest absolute Gasteiger partial charge is 0.496 e. The highest BCUT2D eigenvalue weighted by Crippen LogP contribution is 2.32. The van der Waals surface area contributed by atoms with Crippen LogP contribution in [0.15, 0.2) is 18.2 Å². The molecule has 0 aliphatic carbocycles. The minimum atomic E-state index is -0.686.